The second kappa shape index (κ2) is 8.39. The Balaban J connectivity index is 1.37. The number of carbonyl (C=O) groups excluding carboxylic acids is 1. The zero-order chi connectivity index (χ0) is 25.2. The predicted octanol–water partition coefficient (Wildman–Crippen LogP) is 3.81. The summed E-state index contributed by atoms with van der Waals surface area (Å²) in [6.45, 7) is 0. The molecule has 1 aromatic carbocycles. The number of carbonyl (C=O) groups is 1. The third-order valence-electron chi connectivity index (χ3n) is 7.41. The number of aromatic nitrogens is 4. The number of hydrogen-bond donors (Lipinski definition) is 4. The number of aliphatic hydroxyl groups is 1. The summed E-state index contributed by atoms with van der Waals surface area (Å²) in [5, 5.41) is 23.1. The van der Waals surface area contributed by atoms with E-state index in [-0.39, 0.29) is 34.4 Å². The van der Waals surface area contributed by atoms with Crippen molar-refractivity contribution in [2.24, 2.45) is 25.9 Å². The molecule has 2 aliphatic carbocycles. The topological polar surface area (TPSA) is 137 Å². The second-order valence-electron chi connectivity index (χ2n) is 9.65. The molecule has 0 saturated heterocycles. The number of benzene rings is 1. The number of fused-ring (bicyclic) bond motifs is 1. The van der Waals surface area contributed by atoms with Gasteiger partial charge in [-0.15, -0.1) is 0 Å². The predicted molar refractivity (Wildman–Crippen MR) is 132 cm³/mol. The molecule has 0 bridgehead atoms. The number of nitrogens with two attached hydrogens (primary N) is 2. The van der Waals surface area contributed by atoms with Crippen molar-refractivity contribution in [2.45, 2.75) is 37.2 Å². The number of aryl methyl sites for hydroxylation is 2. The van der Waals surface area contributed by atoms with Gasteiger partial charge in [0.15, 0.2) is 5.82 Å². The summed E-state index contributed by atoms with van der Waals surface area (Å²) in [6, 6.07) is 3.97. The molecule has 2 saturated carbocycles. The van der Waals surface area contributed by atoms with Gasteiger partial charge in [-0.1, -0.05) is 23.2 Å². The average molecular weight is 522 g/mol. The van der Waals surface area contributed by atoms with Gasteiger partial charge in [-0.3, -0.25) is 14.2 Å². The number of rotatable bonds is 4. The third kappa shape index (κ3) is 3.93. The molecule has 9 nitrogen and oxygen atoms in total. The maximum Gasteiger partial charge on any atom is 0.261 e. The summed E-state index contributed by atoms with van der Waals surface area (Å²) in [4.78, 5) is 13.2. The van der Waals surface area contributed by atoms with Crippen LogP contribution in [0.2, 0.25) is 10.0 Å². The van der Waals surface area contributed by atoms with Crippen LogP contribution in [0, 0.1) is 17.7 Å². The number of nitrogens with one attached hydrogen (secondary N) is 1. The van der Waals surface area contributed by atoms with Crippen LogP contribution >= 0.6 is 23.2 Å². The quantitative estimate of drug-likeness (QED) is 0.411. The molecule has 5 rings (SSSR count). The summed E-state index contributed by atoms with van der Waals surface area (Å²) < 4.78 is 16.5. The van der Waals surface area contributed by atoms with Crippen LogP contribution in [-0.2, 0) is 19.7 Å². The molecule has 35 heavy (non-hydrogen) atoms. The van der Waals surface area contributed by atoms with Gasteiger partial charge in [0.2, 0.25) is 0 Å². The largest absolute Gasteiger partial charge is 0.383 e. The highest BCUT2D eigenvalue weighted by molar-refractivity contribution is 6.33. The summed E-state index contributed by atoms with van der Waals surface area (Å²) in [7, 11) is 3.41. The van der Waals surface area contributed by atoms with E-state index in [9.17, 15) is 14.3 Å². The van der Waals surface area contributed by atoms with Crippen LogP contribution in [0.25, 0.3) is 0 Å². The van der Waals surface area contributed by atoms with E-state index in [0.717, 1.165) is 12.8 Å². The summed E-state index contributed by atoms with van der Waals surface area (Å²) >= 11 is 12.2. The number of nitrogens with zero attached hydrogens (tertiary/aromatic N) is 4. The Bertz CT molecular complexity index is 1320. The number of nitrogen functional groups attached to an aromatic ring is 2. The van der Waals surface area contributed by atoms with E-state index in [1.54, 1.807) is 18.8 Å². The Hall–Kier alpha value is -2.82. The Labute approximate surface area is 211 Å². The van der Waals surface area contributed by atoms with Crippen LogP contribution in [0.15, 0.2) is 18.2 Å². The van der Waals surface area contributed by atoms with Crippen LogP contribution in [0.3, 0.4) is 0 Å². The van der Waals surface area contributed by atoms with E-state index in [0.29, 0.717) is 40.5 Å². The van der Waals surface area contributed by atoms with Crippen molar-refractivity contribution < 1.29 is 14.3 Å². The van der Waals surface area contributed by atoms with E-state index in [1.165, 1.54) is 22.9 Å². The van der Waals surface area contributed by atoms with Gasteiger partial charge in [0, 0.05) is 25.7 Å². The molecule has 2 unspecified atom stereocenters. The molecule has 1 amide bonds. The number of halogens is 3. The third-order valence-corrected chi connectivity index (χ3v) is 8.07. The zero-order valence-electron chi connectivity index (χ0n) is 19.2. The molecule has 0 radical (unpaired) electrons. The maximum absolute atomic E-state index is 13.5. The lowest BCUT2D eigenvalue weighted by atomic mass is 9.89. The van der Waals surface area contributed by atoms with Gasteiger partial charge in [0.05, 0.1) is 16.4 Å². The summed E-state index contributed by atoms with van der Waals surface area (Å²) in [5.74, 6) is -0.119. The van der Waals surface area contributed by atoms with Gasteiger partial charge in [-0.05, 0) is 55.7 Å². The van der Waals surface area contributed by atoms with E-state index in [4.69, 9.17) is 34.7 Å². The smallest absolute Gasteiger partial charge is 0.261 e. The first-order chi connectivity index (χ1) is 16.5. The van der Waals surface area contributed by atoms with Crippen molar-refractivity contribution in [1.82, 2.24) is 19.6 Å². The van der Waals surface area contributed by atoms with E-state index in [1.807, 2.05) is 0 Å². The highest BCUT2D eigenvalue weighted by Gasteiger charge is 2.52. The fraction of sp³-hybridized carbons (Fsp3) is 0.435. The minimum atomic E-state index is -1.11. The van der Waals surface area contributed by atoms with E-state index < -0.39 is 17.3 Å². The molecule has 2 aromatic heterocycles. The number of amides is 1. The fourth-order valence-electron chi connectivity index (χ4n) is 5.95. The normalized spacial score (nSPS) is 25.7. The molecule has 2 fully saturated rings. The maximum atomic E-state index is 13.5. The first-order valence-electron chi connectivity index (χ1n) is 11.3. The van der Waals surface area contributed by atoms with Crippen molar-refractivity contribution in [3.8, 4) is 0 Å². The first-order valence-corrected chi connectivity index (χ1v) is 12.0. The van der Waals surface area contributed by atoms with Crippen LogP contribution in [0.4, 0.5) is 21.7 Å². The standard InChI is InChI=1S/C23H26Cl2FN7O2/c1-32-19(17(25)20(27)31-32)23(35)8-11-5-10(6-12(11)9-23)18-16(21(28)33(2)30-18)22(34)29-13-3-4-15(26)14(24)7-13/h3-4,7,10-12,35H,5-6,8-9,28H2,1-2H3,(H2,27,31)(H,29,34). The molecule has 2 aliphatic rings. The lowest BCUT2D eigenvalue weighted by molar-refractivity contribution is 0.0264. The Morgan fingerprint density at radius 1 is 1.17 bits per heavy atom. The molecule has 0 aliphatic heterocycles. The monoisotopic (exact) mass is 521 g/mol. The molecule has 0 spiro atoms. The summed E-state index contributed by atoms with van der Waals surface area (Å²) in [5.41, 5.74) is 12.8. The second-order valence-corrected chi connectivity index (χ2v) is 10.4. The van der Waals surface area contributed by atoms with Gasteiger partial charge in [0.25, 0.3) is 5.91 Å². The zero-order valence-corrected chi connectivity index (χ0v) is 20.7. The highest BCUT2D eigenvalue weighted by Crippen LogP contribution is 2.58. The first kappa shape index (κ1) is 23.9. The highest BCUT2D eigenvalue weighted by atomic mass is 35.5. The fourth-order valence-corrected chi connectivity index (χ4v) is 6.46. The Kier molecular flexibility index (Phi) is 5.73. The number of hydrogen-bond acceptors (Lipinski definition) is 6. The lowest BCUT2D eigenvalue weighted by Crippen LogP contribution is -2.27. The SMILES string of the molecule is Cn1nc(C2CC3CC(O)(c4c(Cl)c(N)nn4C)CC3C2)c(C(=O)Nc2ccc(F)c(Cl)c2)c1N. The van der Waals surface area contributed by atoms with Crippen molar-refractivity contribution in [3.05, 3.63) is 51.0 Å². The van der Waals surface area contributed by atoms with Crippen LogP contribution < -0.4 is 16.8 Å². The minimum absolute atomic E-state index is 0.00249. The summed E-state index contributed by atoms with van der Waals surface area (Å²) in [6.07, 6.45) is 2.53. The van der Waals surface area contributed by atoms with E-state index in [2.05, 4.69) is 15.5 Å². The van der Waals surface area contributed by atoms with Gasteiger partial charge in [-0.25, -0.2) is 4.39 Å². The molecular weight excluding hydrogens is 496 g/mol. The van der Waals surface area contributed by atoms with Crippen molar-refractivity contribution in [3.63, 3.8) is 0 Å². The van der Waals surface area contributed by atoms with Crippen molar-refractivity contribution in [2.75, 3.05) is 16.8 Å². The molecule has 2 heterocycles. The Morgan fingerprint density at radius 2 is 1.83 bits per heavy atom. The van der Waals surface area contributed by atoms with Gasteiger partial charge < -0.3 is 21.9 Å². The van der Waals surface area contributed by atoms with E-state index >= 15 is 0 Å². The molecule has 12 heteroatoms. The minimum Gasteiger partial charge on any atom is -0.383 e. The van der Waals surface area contributed by atoms with Crippen LogP contribution in [0.1, 0.15) is 53.3 Å². The Morgan fingerprint density at radius 3 is 2.40 bits per heavy atom. The van der Waals surface area contributed by atoms with Crippen LogP contribution in [0.5, 0.6) is 0 Å². The lowest BCUT2D eigenvalue weighted by Gasteiger charge is -2.25. The van der Waals surface area contributed by atoms with Crippen molar-refractivity contribution >= 4 is 46.4 Å². The molecular formula is C23H26Cl2FN7O2. The molecule has 2 atom stereocenters. The molecule has 3 aromatic rings. The van der Waals surface area contributed by atoms with Gasteiger partial charge in [-0.2, -0.15) is 10.2 Å². The number of anilines is 3. The molecule has 6 N–H and O–H groups in total. The average Bonchev–Trinajstić information content (AvgIpc) is 3.46. The van der Waals surface area contributed by atoms with Gasteiger partial charge in [0.1, 0.15) is 27.8 Å². The molecule has 186 valence electrons. The van der Waals surface area contributed by atoms with Crippen LogP contribution in [-0.4, -0.2) is 30.6 Å². The van der Waals surface area contributed by atoms with Crippen molar-refractivity contribution in [1.29, 1.82) is 0 Å². The van der Waals surface area contributed by atoms with Gasteiger partial charge >= 0.3 is 0 Å².